The highest BCUT2D eigenvalue weighted by Gasteiger charge is 2.21. The zero-order valence-electron chi connectivity index (χ0n) is 16.4. The Hall–Kier alpha value is -3.04. The van der Waals surface area contributed by atoms with Gasteiger partial charge in [-0.15, -0.1) is 11.3 Å². The third kappa shape index (κ3) is 3.99. The summed E-state index contributed by atoms with van der Waals surface area (Å²) in [7, 11) is -2.43. The molecule has 0 amide bonds. The van der Waals surface area contributed by atoms with E-state index in [4.69, 9.17) is 4.74 Å². The number of methoxy groups -OCH3 is 1. The van der Waals surface area contributed by atoms with E-state index in [1.807, 2.05) is 13.0 Å². The summed E-state index contributed by atoms with van der Waals surface area (Å²) in [4.78, 5) is 17.6. The highest BCUT2D eigenvalue weighted by molar-refractivity contribution is 7.90. The zero-order chi connectivity index (χ0) is 21.3. The average molecular weight is 442 g/mol. The molecule has 2 heterocycles. The van der Waals surface area contributed by atoms with E-state index in [0.717, 1.165) is 19.5 Å². The van der Waals surface area contributed by atoms with Gasteiger partial charge in [-0.2, -0.15) is 17.6 Å². The van der Waals surface area contributed by atoms with Crippen molar-refractivity contribution in [1.82, 2.24) is 14.2 Å². The fourth-order valence-electron chi connectivity index (χ4n) is 3.18. The van der Waals surface area contributed by atoms with Gasteiger partial charge < -0.3 is 4.74 Å². The zero-order valence-corrected chi connectivity index (χ0v) is 18.0. The van der Waals surface area contributed by atoms with Gasteiger partial charge >= 0.3 is 0 Å². The van der Waals surface area contributed by atoms with Crippen LogP contribution in [0.4, 0.5) is 0 Å². The third-order valence-corrected chi connectivity index (χ3v) is 7.12. The van der Waals surface area contributed by atoms with Crippen LogP contribution in [0.1, 0.15) is 15.4 Å². The summed E-state index contributed by atoms with van der Waals surface area (Å²) in [5.41, 5.74) is 1.16. The van der Waals surface area contributed by atoms with E-state index < -0.39 is 10.0 Å². The molecule has 4 rings (SSSR count). The molecular weight excluding hydrogens is 422 g/mol. The minimum atomic E-state index is -3.91. The minimum absolute atomic E-state index is 0.0414. The van der Waals surface area contributed by atoms with Crippen molar-refractivity contribution in [2.45, 2.75) is 24.7 Å². The van der Waals surface area contributed by atoms with Gasteiger partial charge in [0.05, 0.1) is 28.7 Å². The Balaban J connectivity index is 1.65. The standard InChI is InChI=1S/C21H19N3O4S2/c1-14-22-13-19(29-14)10-17(25)8-15-6-7-16-12-23-24(21(16)9-15)30(26,27)20-5-3-4-18(11-20)28-2/h3-7,9,11-13H,8,10H2,1-2H3. The number of rotatable bonds is 7. The molecule has 0 saturated heterocycles. The molecule has 30 heavy (non-hydrogen) atoms. The number of hydrogen-bond donors (Lipinski definition) is 0. The first-order valence-electron chi connectivity index (χ1n) is 9.16. The van der Waals surface area contributed by atoms with Gasteiger partial charge in [0.1, 0.15) is 11.5 Å². The number of thiazole rings is 1. The van der Waals surface area contributed by atoms with Crippen LogP contribution in [0.25, 0.3) is 10.9 Å². The summed E-state index contributed by atoms with van der Waals surface area (Å²) < 4.78 is 32.4. The number of hydrogen-bond acceptors (Lipinski definition) is 7. The van der Waals surface area contributed by atoms with Crippen molar-refractivity contribution in [2.75, 3.05) is 7.11 Å². The maximum Gasteiger partial charge on any atom is 0.283 e. The number of Topliss-reactive ketones (excluding diaryl/α,β-unsaturated/α-hetero) is 1. The number of carbonyl (C=O) groups is 1. The fraction of sp³-hybridized carbons (Fsp3) is 0.190. The van der Waals surface area contributed by atoms with Crippen molar-refractivity contribution in [3.63, 3.8) is 0 Å². The van der Waals surface area contributed by atoms with E-state index in [1.165, 1.54) is 36.8 Å². The smallest absolute Gasteiger partial charge is 0.283 e. The van der Waals surface area contributed by atoms with Gasteiger partial charge in [0.15, 0.2) is 0 Å². The Morgan fingerprint density at radius 2 is 1.97 bits per heavy atom. The molecule has 0 N–H and O–H groups in total. The fourth-order valence-corrected chi connectivity index (χ4v) is 5.30. The number of benzene rings is 2. The Labute approximate surface area is 178 Å². The normalized spacial score (nSPS) is 11.7. The van der Waals surface area contributed by atoms with Crippen molar-refractivity contribution < 1.29 is 17.9 Å². The first kappa shape index (κ1) is 20.2. The molecule has 0 saturated carbocycles. The summed E-state index contributed by atoms with van der Waals surface area (Å²) in [6.07, 6.45) is 3.73. The van der Waals surface area contributed by atoms with Crippen molar-refractivity contribution in [3.05, 3.63) is 70.3 Å². The molecule has 0 bridgehead atoms. The Morgan fingerprint density at radius 3 is 2.70 bits per heavy atom. The summed E-state index contributed by atoms with van der Waals surface area (Å²) in [5.74, 6) is 0.483. The molecule has 0 spiro atoms. The monoisotopic (exact) mass is 441 g/mol. The van der Waals surface area contributed by atoms with Crippen LogP contribution < -0.4 is 4.74 Å². The van der Waals surface area contributed by atoms with E-state index in [9.17, 15) is 13.2 Å². The highest BCUT2D eigenvalue weighted by atomic mass is 32.2. The Bertz CT molecular complexity index is 1340. The second-order valence-electron chi connectivity index (χ2n) is 6.80. The van der Waals surface area contributed by atoms with Crippen molar-refractivity contribution >= 4 is 38.0 Å². The van der Waals surface area contributed by atoms with E-state index in [-0.39, 0.29) is 17.1 Å². The maximum absolute atomic E-state index is 13.1. The van der Waals surface area contributed by atoms with Gasteiger partial charge in [-0.1, -0.05) is 18.2 Å². The number of carbonyl (C=O) groups excluding carboxylic acids is 1. The molecule has 0 fully saturated rings. The number of nitrogens with zero attached hydrogens (tertiary/aromatic N) is 3. The topological polar surface area (TPSA) is 91.2 Å². The van der Waals surface area contributed by atoms with Gasteiger partial charge in [0, 0.05) is 35.4 Å². The molecule has 0 aliphatic carbocycles. The van der Waals surface area contributed by atoms with Crippen LogP contribution >= 0.6 is 11.3 Å². The first-order valence-corrected chi connectivity index (χ1v) is 11.4. The Morgan fingerprint density at radius 1 is 1.13 bits per heavy atom. The van der Waals surface area contributed by atoms with Crippen LogP contribution in [0.2, 0.25) is 0 Å². The quantitative estimate of drug-likeness (QED) is 0.437. The second-order valence-corrected chi connectivity index (χ2v) is 9.89. The number of aromatic nitrogens is 3. The van der Waals surface area contributed by atoms with Crippen LogP contribution in [0.5, 0.6) is 5.75 Å². The molecule has 9 heteroatoms. The summed E-state index contributed by atoms with van der Waals surface area (Å²) in [5, 5.41) is 5.68. The maximum atomic E-state index is 13.1. The van der Waals surface area contributed by atoms with Crippen LogP contribution in [-0.2, 0) is 27.7 Å². The lowest BCUT2D eigenvalue weighted by Gasteiger charge is -2.08. The molecular formula is C21H19N3O4S2. The molecule has 0 aliphatic heterocycles. The van der Waals surface area contributed by atoms with Gasteiger partial charge in [-0.05, 0) is 30.7 Å². The highest BCUT2D eigenvalue weighted by Crippen LogP contribution is 2.24. The first-order chi connectivity index (χ1) is 14.4. The van der Waals surface area contributed by atoms with Crippen LogP contribution in [-0.4, -0.2) is 35.5 Å². The van der Waals surface area contributed by atoms with Gasteiger partial charge in [0.25, 0.3) is 10.0 Å². The number of fused-ring (bicyclic) bond motifs is 1. The van der Waals surface area contributed by atoms with E-state index >= 15 is 0 Å². The average Bonchev–Trinajstić information content (AvgIpc) is 3.33. The van der Waals surface area contributed by atoms with Gasteiger partial charge in [0.2, 0.25) is 0 Å². The molecule has 0 radical (unpaired) electrons. The molecule has 154 valence electrons. The predicted molar refractivity (Wildman–Crippen MR) is 115 cm³/mol. The molecule has 2 aromatic carbocycles. The van der Waals surface area contributed by atoms with E-state index in [2.05, 4.69) is 10.1 Å². The number of ether oxygens (including phenoxy) is 1. The predicted octanol–water partition coefficient (Wildman–Crippen LogP) is 3.40. The molecule has 0 atom stereocenters. The van der Waals surface area contributed by atoms with Gasteiger partial charge in [-0.3, -0.25) is 4.79 Å². The van der Waals surface area contributed by atoms with Crippen molar-refractivity contribution in [2.24, 2.45) is 0 Å². The minimum Gasteiger partial charge on any atom is -0.497 e. The summed E-state index contributed by atoms with van der Waals surface area (Å²) in [6.45, 7) is 1.90. The summed E-state index contributed by atoms with van der Waals surface area (Å²) >= 11 is 1.50. The second kappa shape index (κ2) is 8.00. The molecule has 0 unspecified atom stereocenters. The molecule has 0 aliphatic rings. The lowest BCUT2D eigenvalue weighted by molar-refractivity contribution is -0.117. The largest absolute Gasteiger partial charge is 0.497 e. The third-order valence-electron chi connectivity index (χ3n) is 4.61. The molecule has 4 aromatic rings. The molecule has 2 aromatic heterocycles. The van der Waals surface area contributed by atoms with Crippen LogP contribution in [0, 0.1) is 6.92 Å². The lowest BCUT2D eigenvalue weighted by atomic mass is 10.1. The number of aryl methyl sites for hydroxylation is 1. The van der Waals surface area contributed by atoms with Crippen molar-refractivity contribution in [3.8, 4) is 5.75 Å². The lowest BCUT2D eigenvalue weighted by Crippen LogP contribution is -2.14. The Kier molecular flexibility index (Phi) is 5.40. The van der Waals surface area contributed by atoms with Crippen LogP contribution in [0.3, 0.4) is 0 Å². The van der Waals surface area contributed by atoms with Gasteiger partial charge in [-0.25, -0.2) is 4.98 Å². The van der Waals surface area contributed by atoms with E-state index in [1.54, 1.807) is 30.5 Å². The van der Waals surface area contributed by atoms with Crippen LogP contribution in [0.15, 0.2) is 59.8 Å². The van der Waals surface area contributed by atoms with Crippen molar-refractivity contribution in [1.29, 1.82) is 0 Å². The SMILES string of the molecule is COc1cccc(S(=O)(=O)n2ncc3ccc(CC(=O)Cc4cnc(C)s4)cc32)c1. The summed E-state index contributed by atoms with van der Waals surface area (Å²) in [6, 6.07) is 11.5. The molecule has 7 nitrogen and oxygen atoms in total. The number of ketones is 1. The van der Waals surface area contributed by atoms with E-state index in [0.29, 0.717) is 23.1 Å².